The van der Waals surface area contributed by atoms with E-state index in [1.54, 1.807) is 12.1 Å². The molecule has 5 heteroatoms. The second kappa shape index (κ2) is 11.2. The first-order valence-corrected chi connectivity index (χ1v) is 11.7. The van der Waals surface area contributed by atoms with Crippen molar-refractivity contribution in [1.29, 1.82) is 0 Å². The van der Waals surface area contributed by atoms with Crippen LogP contribution in [0.4, 0.5) is 4.79 Å². The number of piperidine rings is 1. The zero-order chi connectivity index (χ0) is 22.2. The van der Waals surface area contributed by atoms with Gasteiger partial charge in [0.25, 0.3) is 0 Å². The predicted molar refractivity (Wildman–Crippen MR) is 130 cm³/mol. The molecule has 1 saturated heterocycles. The molecule has 0 spiro atoms. The summed E-state index contributed by atoms with van der Waals surface area (Å²) in [6, 6.07) is 23.8. The van der Waals surface area contributed by atoms with Crippen LogP contribution in [0.3, 0.4) is 0 Å². The molecule has 0 atom stereocenters. The standard InChI is InChI=1S/C27H29ClN2O2/c28-25-12-8-23(9-13-25)24-10-14-26(15-11-24)32-27(31)29-17-16-21-4-6-22(7-5-21)20-30-18-2-1-3-19-30/h4-15H,1-3,16-20H2,(H,29,31). The molecular formula is C27H29ClN2O2. The highest BCUT2D eigenvalue weighted by Crippen LogP contribution is 2.24. The second-order valence-electron chi connectivity index (χ2n) is 8.25. The third-order valence-corrected chi connectivity index (χ3v) is 6.06. The number of carbonyl (C=O) groups excluding carboxylic acids is 1. The summed E-state index contributed by atoms with van der Waals surface area (Å²) >= 11 is 5.94. The van der Waals surface area contributed by atoms with Crippen LogP contribution in [-0.2, 0) is 13.0 Å². The van der Waals surface area contributed by atoms with Crippen LogP contribution in [0.1, 0.15) is 30.4 Å². The van der Waals surface area contributed by atoms with Crippen LogP contribution in [-0.4, -0.2) is 30.6 Å². The molecule has 3 aromatic carbocycles. The number of hydrogen-bond donors (Lipinski definition) is 1. The maximum Gasteiger partial charge on any atom is 0.412 e. The normalized spacial score (nSPS) is 14.2. The van der Waals surface area contributed by atoms with Crippen LogP contribution in [0, 0.1) is 0 Å². The maximum atomic E-state index is 12.1. The minimum absolute atomic E-state index is 0.439. The van der Waals surface area contributed by atoms with Crippen LogP contribution < -0.4 is 10.1 Å². The first kappa shape index (κ1) is 22.4. The summed E-state index contributed by atoms with van der Waals surface area (Å²) in [6.45, 7) is 3.98. The summed E-state index contributed by atoms with van der Waals surface area (Å²) in [5.74, 6) is 0.516. The van der Waals surface area contributed by atoms with Crippen molar-refractivity contribution in [3.63, 3.8) is 0 Å². The fourth-order valence-electron chi connectivity index (χ4n) is 4.00. The lowest BCUT2D eigenvalue weighted by Gasteiger charge is -2.26. The van der Waals surface area contributed by atoms with Gasteiger partial charge < -0.3 is 10.1 Å². The Morgan fingerprint density at radius 3 is 2.06 bits per heavy atom. The Morgan fingerprint density at radius 1 is 0.812 bits per heavy atom. The molecule has 1 aliphatic rings. The highest BCUT2D eigenvalue weighted by molar-refractivity contribution is 6.30. The van der Waals surface area contributed by atoms with Crippen LogP contribution >= 0.6 is 11.6 Å². The highest BCUT2D eigenvalue weighted by Gasteiger charge is 2.10. The molecule has 0 aromatic heterocycles. The fourth-order valence-corrected chi connectivity index (χ4v) is 4.12. The number of halogens is 1. The number of likely N-dealkylation sites (tertiary alicyclic amines) is 1. The van der Waals surface area contributed by atoms with Crippen molar-refractivity contribution in [2.75, 3.05) is 19.6 Å². The number of ether oxygens (including phenoxy) is 1. The summed E-state index contributed by atoms with van der Waals surface area (Å²) in [6.07, 6.45) is 4.32. The molecule has 0 unspecified atom stereocenters. The number of nitrogens with zero attached hydrogens (tertiary/aromatic N) is 1. The van der Waals surface area contributed by atoms with E-state index in [0.29, 0.717) is 17.3 Å². The molecule has 1 heterocycles. The number of nitrogens with one attached hydrogen (secondary N) is 1. The fraction of sp³-hybridized carbons (Fsp3) is 0.296. The van der Waals surface area contributed by atoms with Crippen molar-refractivity contribution in [2.45, 2.75) is 32.2 Å². The molecule has 0 saturated carbocycles. The minimum atomic E-state index is -0.439. The van der Waals surface area contributed by atoms with Gasteiger partial charge in [-0.2, -0.15) is 0 Å². The zero-order valence-corrected chi connectivity index (χ0v) is 19.0. The SMILES string of the molecule is O=C(NCCc1ccc(CN2CCCCC2)cc1)Oc1ccc(-c2ccc(Cl)cc2)cc1. The number of hydrogen-bond acceptors (Lipinski definition) is 3. The summed E-state index contributed by atoms with van der Waals surface area (Å²) in [5, 5.41) is 3.54. The molecule has 0 aliphatic carbocycles. The average molecular weight is 449 g/mol. The van der Waals surface area contributed by atoms with Crippen LogP contribution in [0.5, 0.6) is 5.75 Å². The van der Waals surface area contributed by atoms with Crippen molar-refractivity contribution in [3.05, 3.63) is 88.9 Å². The molecule has 4 nitrogen and oxygen atoms in total. The van der Waals surface area contributed by atoms with Crippen LogP contribution in [0.15, 0.2) is 72.8 Å². The van der Waals surface area contributed by atoms with Gasteiger partial charge in [-0.3, -0.25) is 4.90 Å². The van der Waals surface area contributed by atoms with Gasteiger partial charge in [0, 0.05) is 18.1 Å². The zero-order valence-electron chi connectivity index (χ0n) is 18.2. The van der Waals surface area contributed by atoms with Gasteiger partial charge in [-0.15, -0.1) is 0 Å². The minimum Gasteiger partial charge on any atom is -0.410 e. The molecule has 1 amide bonds. The molecule has 0 bridgehead atoms. The van der Waals surface area contributed by atoms with Crippen molar-refractivity contribution < 1.29 is 9.53 Å². The van der Waals surface area contributed by atoms with E-state index in [0.717, 1.165) is 24.1 Å². The van der Waals surface area contributed by atoms with E-state index < -0.39 is 6.09 Å². The van der Waals surface area contributed by atoms with E-state index in [1.165, 1.54) is 43.5 Å². The Balaban J connectivity index is 1.20. The second-order valence-corrected chi connectivity index (χ2v) is 8.69. The quantitative estimate of drug-likeness (QED) is 0.459. The number of carbonyl (C=O) groups is 1. The van der Waals surface area contributed by atoms with Gasteiger partial charge in [-0.25, -0.2) is 4.79 Å². The molecule has 3 aromatic rings. The third-order valence-electron chi connectivity index (χ3n) is 5.80. The van der Waals surface area contributed by atoms with Crippen molar-refractivity contribution in [1.82, 2.24) is 10.2 Å². The topological polar surface area (TPSA) is 41.6 Å². The van der Waals surface area contributed by atoms with Crippen LogP contribution in [0.2, 0.25) is 5.02 Å². The van der Waals surface area contributed by atoms with Gasteiger partial charge in [0.1, 0.15) is 5.75 Å². The number of benzene rings is 3. The van der Waals surface area contributed by atoms with Gasteiger partial charge in [-0.05, 0) is 78.9 Å². The Hall–Kier alpha value is -2.82. The lowest BCUT2D eigenvalue weighted by Crippen LogP contribution is -2.29. The van der Waals surface area contributed by atoms with Crippen LogP contribution in [0.25, 0.3) is 11.1 Å². The smallest absolute Gasteiger partial charge is 0.410 e. The lowest BCUT2D eigenvalue weighted by molar-refractivity contribution is 0.200. The Kier molecular flexibility index (Phi) is 7.81. The molecule has 0 radical (unpaired) electrons. The molecule has 32 heavy (non-hydrogen) atoms. The van der Waals surface area contributed by atoms with Crippen molar-refractivity contribution >= 4 is 17.7 Å². The predicted octanol–water partition coefficient (Wildman–Crippen LogP) is 6.32. The average Bonchev–Trinajstić information content (AvgIpc) is 2.82. The summed E-state index contributed by atoms with van der Waals surface area (Å²) in [7, 11) is 0. The van der Waals surface area contributed by atoms with E-state index in [-0.39, 0.29) is 0 Å². The molecule has 1 N–H and O–H groups in total. The van der Waals surface area contributed by atoms with E-state index in [9.17, 15) is 4.79 Å². The summed E-state index contributed by atoms with van der Waals surface area (Å²) < 4.78 is 5.39. The lowest BCUT2D eigenvalue weighted by atomic mass is 10.1. The molecule has 1 fully saturated rings. The Labute approximate surface area is 195 Å². The van der Waals surface area contributed by atoms with Gasteiger partial charge >= 0.3 is 6.09 Å². The first-order valence-electron chi connectivity index (χ1n) is 11.3. The molecule has 166 valence electrons. The van der Waals surface area contributed by atoms with Gasteiger partial charge in [0.15, 0.2) is 0 Å². The van der Waals surface area contributed by atoms with E-state index in [4.69, 9.17) is 16.3 Å². The van der Waals surface area contributed by atoms with E-state index in [1.807, 2.05) is 36.4 Å². The number of amides is 1. The molecule has 4 rings (SSSR count). The van der Waals surface area contributed by atoms with Gasteiger partial charge in [0.2, 0.25) is 0 Å². The Bertz CT molecular complexity index is 995. The van der Waals surface area contributed by atoms with E-state index >= 15 is 0 Å². The van der Waals surface area contributed by atoms with Crippen molar-refractivity contribution in [3.8, 4) is 16.9 Å². The molecule has 1 aliphatic heterocycles. The van der Waals surface area contributed by atoms with Crippen molar-refractivity contribution in [2.24, 2.45) is 0 Å². The van der Waals surface area contributed by atoms with Gasteiger partial charge in [-0.1, -0.05) is 66.6 Å². The Morgan fingerprint density at radius 2 is 1.41 bits per heavy atom. The number of rotatable bonds is 7. The molecular weight excluding hydrogens is 420 g/mol. The maximum absolute atomic E-state index is 12.1. The summed E-state index contributed by atoms with van der Waals surface area (Å²) in [4.78, 5) is 14.6. The summed E-state index contributed by atoms with van der Waals surface area (Å²) in [5.41, 5.74) is 4.66. The monoisotopic (exact) mass is 448 g/mol. The largest absolute Gasteiger partial charge is 0.412 e. The third kappa shape index (κ3) is 6.59. The van der Waals surface area contributed by atoms with Gasteiger partial charge in [0.05, 0.1) is 0 Å². The van der Waals surface area contributed by atoms with E-state index in [2.05, 4.69) is 34.5 Å². The highest BCUT2D eigenvalue weighted by atomic mass is 35.5. The first-order chi connectivity index (χ1) is 15.7.